The summed E-state index contributed by atoms with van der Waals surface area (Å²) < 4.78 is 3.89. The molecule has 0 unspecified atom stereocenters. The molecule has 2 heterocycles. The van der Waals surface area contributed by atoms with E-state index in [0.717, 1.165) is 22.5 Å². The quantitative estimate of drug-likeness (QED) is 0.575. The van der Waals surface area contributed by atoms with Gasteiger partial charge in [0.2, 0.25) is 0 Å². The van der Waals surface area contributed by atoms with Crippen LogP contribution in [0.25, 0.3) is 22.5 Å². The molecule has 0 saturated heterocycles. The molecule has 0 aliphatic carbocycles. The summed E-state index contributed by atoms with van der Waals surface area (Å²) in [7, 11) is 0. The Morgan fingerprint density at radius 3 is 2.59 bits per heavy atom. The van der Waals surface area contributed by atoms with Gasteiger partial charge in [0.15, 0.2) is 0 Å². The molecule has 0 N–H and O–H groups in total. The number of benzene rings is 2. The molecule has 4 rings (SSSR count). The van der Waals surface area contributed by atoms with Gasteiger partial charge >= 0.3 is 0 Å². The second kappa shape index (κ2) is 5.33. The molecule has 0 aliphatic heterocycles. The van der Waals surface area contributed by atoms with Gasteiger partial charge in [-0.05, 0) is 29.8 Å². The molecule has 22 heavy (non-hydrogen) atoms. The fraction of sp³-hybridized carbons (Fsp3) is 0. The average molecular weight is 286 g/mol. The Labute approximate surface area is 128 Å². The minimum Gasteiger partial charge on any atom is -0.306 e. The summed E-state index contributed by atoms with van der Waals surface area (Å²) in [5.41, 5.74) is 4.47. The van der Waals surface area contributed by atoms with Gasteiger partial charge in [0.25, 0.3) is 0 Å². The molecule has 4 aromatic rings. The average Bonchev–Trinajstić information content (AvgIpc) is 3.28. The zero-order chi connectivity index (χ0) is 14.8. The molecule has 106 valence electrons. The van der Waals surface area contributed by atoms with Crippen LogP contribution in [-0.4, -0.2) is 19.3 Å². The first-order chi connectivity index (χ1) is 10.9. The van der Waals surface area contributed by atoms with E-state index >= 15 is 0 Å². The minimum atomic E-state index is 1.04. The normalized spacial score (nSPS) is 10.7. The first kappa shape index (κ1) is 12.6. The van der Waals surface area contributed by atoms with Gasteiger partial charge in [-0.15, -0.1) is 0 Å². The number of hydrogen-bond donors (Lipinski definition) is 0. The number of nitrogens with zero attached hydrogens (tertiary/aromatic N) is 4. The summed E-state index contributed by atoms with van der Waals surface area (Å²) in [6, 6.07) is 18.6. The highest BCUT2D eigenvalue weighted by atomic mass is 15.3. The van der Waals surface area contributed by atoms with E-state index in [4.69, 9.17) is 0 Å². The highest BCUT2D eigenvalue weighted by molar-refractivity contribution is 5.74. The number of imidazole rings is 1. The van der Waals surface area contributed by atoms with Gasteiger partial charge in [0, 0.05) is 30.4 Å². The van der Waals surface area contributed by atoms with E-state index in [1.807, 2.05) is 40.1 Å². The van der Waals surface area contributed by atoms with E-state index in [-0.39, 0.29) is 0 Å². The van der Waals surface area contributed by atoms with Gasteiger partial charge in [-0.1, -0.05) is 30.3 Å². The van der Waals surface area contributed by atoms with Gasteiger partial charge in [-0.3, -0.25) is 0 Å². The summed E-state index contributed by atoms with van der Waals surface area (Å²) in [6.07, 6.45) is 9.29. The van der Waals surface area contributed by atoms with Crippen LogP contribution < -0.4 is 0 Å². The van der Waals surface area contributed by atoms with E-state index in [9.17, 15) is 0 Å². The molecule has 4 nitrogen and oxygen atoms in total. The van der Waals surface area contributed by atoms with Crippen LogP contribution in [0.4, 0.5) is 0 Å². The third-order valence-corrected chi connectivity index (χ3v) is 3.61. The van der Waals surface area contributed by atoms with Crippen molar-refractivity contribution in [3.05, 3.63) is 85.7 Å². The Morgan fingerprint density at radius 1 is 0.818 bits per heavy atom. The Bertz CT molecular complexity index is 877. The van der Waals surface area contributed by atoms with Crippen molar-refractivity contribution in [1.29, 1.82) is 0 Å². The van der Waals surface area contributed by atoms with E-state index < -0.39 is 0 Å². The van der Waals surface area contributed by atoms with Crippen molar-refractivity contribution in [2.45, 2.75) is 0 Å². The fourth-order valence-electron chi connectivity index (χ4n) is 2.58. The van der Waals surface area contributed by atoms with Crippen molar-refractivity contribution in [3.8, 4) is 22.5 Å². The SMILES string of the molecule is c1cc(-c2ccccc2-n2ccnc2)cc(-n2cccn2)c1. The molecule has 0 saturated carbocycles. The number of rotatable bonds is 3. The van der Waals surface area contributed by atoms with Crippen LogP contribution in [0.1, 0.15) is 0 Å². The summed E-state index contributed by atoms with van der Waals surface area (Å²) in [5, 5.41) is 4.30. The maximum absolute atomic E-state index is 4.30. The van der Waals surface area contributed by atoms with E-state index in [2.05, 4.69) is 52.5 Å². The maximum atomic E-state index is 4.30. The number of para-hydroxylation sites is 1. The lowest BCUT2D eigenvalue weighted by Gasteiger charge is -2.11. The van der Waals surface area contributed by atoms with Crippen molar-refractivity contribution < 1.29 is 0 Å². The number of hydrogen-bond acceptors (Lipinski definition) is 2. The van der Waals surface area contributed by atoms with Crippen molar-refractivity contribution in [2.24, 2.45) is 0 Å². The molecule has 0 fully saturated rings. The largest absolute Gasteiger partial charge is 0.306 e. The predicted molar refractivity (Wildman–Crippen MR) is 86.1 cm³/mol. The van der Waals surface area contributed by atoms with Gasteiger partial charge in [0.1, 0.15) is 0 Å². The number of aromatic nitrogens is 4. The summed E-state index contributed by atoms with van der Waals surface area (Å²) in [5.74, 6) is 0. The minimum absolute atomic E-state index is 1.04. The van der Waals surface area contributed by atoms with E-state index in [1.165, 1.54) is 0 Å². The van der Waals surface area contributed by atoms with Gasteiger partial charge < -0.3 is 4.57 Å². The molecule has 0 aliphatic rings. The molecular weight excluding hydrogens is 272 g/mol. The lowest BCUT2D eigenvalue weighted by atomic mass is 10.0. The topological polar surface area (TPSA) is 35.6 Å². The smallest absolute Gasteiger partial charge is 0.0991 e. The van der Waals surface area contributed by atoms with Crippen molar-refractivity contribution in [1.82, 2.24) is 19.3 Å². The molecule has 0 amide bonds. The van der Waals surface area contributed by atoms with Gasteiger partial charge in [-0.2, -0.15) is 5.10 Å². The van der Waals surface area contributed by atoms with Crippen molar-refractivity contribution >= 4 is 0 Å². The Kier molecular flexibility index (Phi) is 3.05. The Hall–Kier alpha value is -3.14. The second-order valence-electron chi connectivity index (χ2n) is 4.99. The van der Waals surface area contributed by atoms with Crippen LogP contribution in [-0.2, 0) is 0 Å². The molecule has 0 radical (unpaired) electrons. The summed E-state index contributed by atoms with van der Waals surface area (Å²) in [6.45, 7) is 0. The molecule has 2 aromatic carbocycles. The molecule has 0 atom stereocenters. The zero-order valence-electron chi connectivity index (χ0n) is 11.9. The first-order valence-corrected chi connectivity index (χ1v) is 7.10. The highest BCUT2D eigenvalue weighted by Crippen LogP contribution is 2.27. The maximum Gasteiger partial charge on any atom is 0.0991 e. The third-order valence-electron chi connectivity index (χ3n) is 3.61. The monoisotopic (exact) mass is 286 g/mol. The molecule has 0 bridgehead atoms. The van der Waals surface area contributed by atoms with Crippen LogP contribution in [0.5, 0.6) is 0 Å². The Balaban J connectivity index is 1.85. The van der Waals surface area contributed by atoms with Crippen LogP contribution in [0.15, 0.2) is 85.7 Å². The van der Waals surface area contributed by atoms with Crippen LogP contribution >= 0.6 is 0 Å². The van der Waals surface area contributed by atoms with Gasteiger partial charge in [0.05, 0.1) is 17.7 Å². The van der Waals surface area contributed by atoms with Crippen LogP contribution in [0.2, 0.25) is 0 Å². The molecular formula is C18H14N4. The predicted octanol–water partition coefficient (Wildman–Crippen LogP) is 3.73. The second-order valence-corrected chi connectivity index (χ2v) is 4.99. The molecule has 2 aromatic heterocycles. The van der Waals surface area contributed by atoms with E-state index in [1.54, 1.807) is 12.4 Å². The fourth-order valence-corrected chi connectivity index (χ4v) is 2.58. The summed E-state index contributed by atoms with van der Waals surface area (Å²) >= 11 is 0. The summed E-state index contributed by atoms with van der Waals surface area (Å²) in [4.78, 5) is 4.14. The lowest BCUT2D eigenvalue weighted by molar-refractivity contribution is 0.881. The highest BCUT2D eigenvalue weighted by Gasteiger charge is 2.07. The third kappa shape index (κ3) is 2.20. The van der Waals surface area contributed by atoms with E-state index in [0.29, 0.717) is 0 Å². The molecule has 0 spiro atoms. The molecule has 4 heteroatoms. The standard InChI is InChI=1S/C18H14N4/c1-2-8-18(21-12-10-19-14-21)17(7-1)15-5-3-6-16(13-15)22-11-4-9-20-22/h1-14H. The lowest BCUT2D eigenvalue weighted by Crippen LogP contribution is -1.96. The van der Waals surface area contributed by atoms with Crippen LogP contribution in [0, 0.1) is 0 Å². The van der Waals surface area contributed by atoms with Gasteiger partial charge in [-0.25, -0.2) is 9.67 Å². The Morgan fingerprint density at radius 2 is 1.77 bits per heavy atom. The first-order valence-electron chi connectivity index (χ1n) is 7.10. The van der Waals surface area contributed by atoms with Crippen molar-refractivity contribution in [3.63, 3.8) is 0 Å². The van der Waals surface area contributed by atoms with Crippen molar-refractivity contribution in [2.75, 3.05) is 0 Å². The van der Waals surface area contributed by atoms with Crippen LogP contribution in [0.3, 0.4) is 0 Å². The zero-order valence-corrected chi connectivity index (χ0v) is 11.9.